The van der Waals surface area contributed by atoms with Gasteiger partial charge in [-0.05, 0) is 66.2 Å². The van der Waals surface area contributed by atoms with Crippen molar-refractivity contribution in [2.75, 3.05) is 11.9 Å². The zero-order chi connectivity index (χ0) is 25.6. The van der Waals surface area contributed by atoms with Gasteiger partial charge in [-0.2, -0.15) is 0 Å². The molecule has 9 heteroatoms. The zero-order valence-corrected chi connectivity index (χ0v) is 20.8. The van der Waals surface area contributed by atoms with Crippen LogP contribution in [0.4, 0.5) is 10.3 Å². The van der Waals surface area contributed by atoms with Gasteiger partial charge >= 0.3 is 0 Å². The first kappa shape index (κ1) is 24.3. The number of carbonyl (C=O) groups excluding carboxylic acids is 1. The van der Waals surface area contributed by atoms with Crippen LogP contribution in [0.5, 0.6) is 11.5 Å². The summed E-state index contributed by atoms with van der Waals surface area (Å²) in [6.07, 6.45) is 3.36. The minimum absolute atomic E-state index is 0.283. The standard InChI is InChI=1S/C28H24FN5O2S/c1-18(20-15-21(29)17-30-16-20)32-28-33-24-11-13-37-26(24)25(34-28)27(35)31-12-10-19-6-5-9-23(14-19)36-22-7-3-2-4-8-22/h2-9,11,13-18H,10,12H2,1H3,(H,31,35)(H,32,33,34). The molecule has 2 aromatic carbocycles. The van der Waals surface area contributed by atoms with Crippen molar-refractivity contribution >= 4 is 33.4 Å². The molecule has 7 nitrogen and oxygen atoms in total. The molecule has 5 aromatic rings. The van der Waals surface area contributed by atoms with Crippen molar-refractivity contribution in [1.82, 2.24) is 20.3 Å². The lowest BCUT2D eigenvalue weighted by atomic mass is 10.1. The van der Waals surface area contributed by atoms with Crippen molar-refractivity contribution in [3.05, 3.63) is 107 Å². The van der Waals surface area contributed by atoms with Crippen molar-refractivity contribution in [3.63, 3.8) is 0 Å². The Morgan fingerprint density at radius 3 is 2.70 bits per heavy atom. The Balaban J connectivity index is 1.25. The van der Waals surface area contributed by atoms with Gasteiger partial charge in [-0.15, -0.1) is 11.3 Å². The molecule has 1 unspecified atom stereocenters. The summed E-state index contributed by atoms with van der Waals surface area (Å²) < 4.78 is 20.2. The van der Waals surface area contributed by atoms with Gasteiger partial charge in [-0.25, -0.2) is 14.4 Å². The second kappa shape index (κ2) is 11.1. The van der Waals surface area contributed by atoms with Crippen molar-refractivity contribution in [2.45, 2.75) is 19.4 Å². The van der Waals surface area contributed by atoms with E-state index in [0.29, 0.717) is 40.4 Å². The number of amides is 1. The number of aromatic nitrogens is 3. The highest BCUT2D eigenvalue weighted by molar-refractivity contribution is 7.17. The average Bonchev–Trinajstić information content (AvgIpc) is 3.38. The molecule has 0 aliphatic heterocycles. The molecular formula is C28H24FN5O2S. The molecule has 0 saturated heterocycles. The number of para-hydroxylation sites is 1. The average molecular weight is 514 g/mol. The van der Waals surface area contributed by atoms with Gasteiger partial charge in [-0.3, -0.25) is 9.78 Å². The number of anilines is 1. The third-order valence-electron chi connectivity index (χ3n) is 5.67. The Hall–Kier alpha value is -4.37. The van der Waals surface area contributed by atoms with Gasteiger partial charge < -0.3 is 15.4 Å². The van der Waals surface area contributed by atoms with E-state index in [1.54, 1.807) is 6.20 Å². The quantitative estimate of drug-likeness (QED) is 0.245. The first-order valence-electron chi connectivity index (χ1n) is 11.8. The number of nitrogens with one attached hydrogen (secondary N) is 2. The minimum Gasteiger partial charge on any atom is -0.457 e. The van der Waals surface area contributed by atoms with Crippen LogP contribution in [-0.2, 0) is 6.42 Å². The molecule has 0 spiro atoms. The molecule has 3 aromatic heterocycles. The number of halogens is 1. The Morgan fingerprint density at radius 2 is 1.86 bits per heavy atom. The lowest BCUT2D eigenvalue weighted by Crippen LogP contribution is -2.27. The van der Waals surface area contributed by atoms with E-state index in [4.69, 9.17) is 4.74 Å². The van der Waals surface area contributed by atoms with E-state index in [1.807, 2.05) is 73.0 Å². The van der Waals surface area contributed by atoms with Gasteiger partial charge in [0.25, 0.3) is 5.91 Å². The molecule has 1 amide bonds. The van der Waals surface area contributed by atoms with Crippen LogP contribution in [0.15, 0.2) is 84.5 Å². The van der Waals surface area contributed by atoms with E-state index in [9.17, 15) is 9.18 Å². The van der Waals surface area contributed by atoms with E-state index >= 15 is 0 Å². The molecule has 0 aliphatic carbocycles. The molecule has 5 rings (SSSR count). The Kier molecular flexibility index (Phi) is 7.32. The molecule has 37 heavy (non-hydrogen) atoms. The number of pyridine rings is 1. The highest BCUT2D eigenvalue weighted by Gasteiger charge is 2.17. The molecule has 0 radical (unpaired) electrons. The molecule has 0 aliphatic rings. The van der Waals surface area contributed by atoms with Crippen LogP contribution in [0.3, 0.4) is 0 Å². The first-order valence-corrected chi connectivity index (χ1v) is 12.7. The number of carbonyl (C=O) groups is 1. The number of thiophene rings is 1. The highest BCUT2D eigenvalue weighted by atomic mass is 32.1. The summed E-state index contributed by atoms with van der Waals surface area (Å²) in [6.45, 7) is 2.28. The number of rotatable bonds is 9. The fourth-order valence-corrected chi connectivity index (χ4v) is 4.63. The maximum Gasteiger partial charge on any atom is 0.271 e. The van der Waals surface area contributed by atoms with Crippen LogP contribution in [0.2, 0.25) is 0 Å². The Labute approximate surface area is 217 Å². The SMILES string of the molecule is CC(Nc1nc(C(=O)NCCc2cccc(Oc3ccccc3)c2)c2sccc2n1)c1cncc(F)c1. The van der Waals surface area contributed by atoms with E-state index in [0.717, 1.165) is 23.3 Å². The molecule has 1 atom stereocenters. The molecule has 3 heterocycles. The van der Waals surface area contributed by atoms with Crippen molar-refractivity contribution in [3.8, 4) is 11.5 Å². The van der Waals surface area contributed by atoms with Crippen molar-refractivity contribution in [2.24, 2.45) is 0 Å². The van der Waals surface area contributed by atoms with Crippen molar-refractivity contribution in [1.29, 1.82) is 0 Å². The van der Waals surface area contributed by atoms with Crippen LogP contribution >= 0.6 is 11.3 Å². The lowest BCUT2D eigenvalue weighted by molar-refractivity contribution is 0.0951. The molecule has 186 valence electrons. The monoisotopic (exact) mass is 513 g/mol. The van der Waals surface area contributed by atoms with E-state index in [-0.39, 0.29) is 11.9 Å². The Bertz CT molecular complexity index is 1530. The van der Waals surface area contributed by atoms with Crippen molar-refractivity contribution < 1.29 is 13.9 Å². The van der Waals surface area contributed by atoms with Crippen LogP contribution in [-0.4, -0.2) is 27.4 Å². The third-order valence-corrected chi connectivity index (χ3v) is 6.58. The summed E-state index contributed by atoms with van der Waals surface area (Å²) >= 11 is 1.41. The van der Waals surface area contributed by atoms with E-state index in [2.05, 4.69) is 25.6 Å². The van der Waals surface area contributed by atoms with Gasteiger partial charge in [0.05, 0.1) is 22.5 Å². The normalized spacial score (nSPS) is 11.7. The zero-order valence-electron chi connectivity index (χ0n) is 20.0. The van der Waals surface area contributed by atoms with Crippen LogP contribution in [0, 0.1) is 5.82 Å². The van der Waals surface area contributed by atoms with Gasteiger partial charge in [0.2, 0.25) is 5.95 Å². The molecule has 2 N–H and O–H groups in total. The third kappa shape index (κ3) is 6.07. The first-order chi connectivity index (χ1) is 18.0. The molecular weight excluding hydrogens is 489 g/mol. The number of fused-ring (bicyclic) bond motifs is 1. The summed E-state index contributed by atoms with van der Waals surface area (Å²) in [7, 11) is 0. The largest absolute Gasteiger partial charge is 0.457 e. The van der Waals surface area contributed by atoms with Gasteiger partial charge in [0.15, 0.2) is 5.69 Å². The van der Waals surface area contributed by atoms with Crippen LogP contribution in [0.1, 0.15) is 34.6 Å². The van der Waals surface area contributed by atoms with Crippen LogP contribution < -0.4 is 15.4 Å². The maximum absolute atomic E-state index is 13.6. The number of hydrogen-bond acceptors (Lipinski definition) is 7. The van der Waals surface area contributed by atoms with Gasteiger partial charge in [-0.1, -0.05) is 30.3 Å². The second-order valence-corrected chi connectivity index (χ2v) is 9.32. The lowest BCUT2D eigenvalue weighted by Gasteiger charge is -2.15. The number of benzene rings is 2. The molecule has 0 fully saturated rings. The predicted octanol–water partition coefficient (Wildman–Crippen LogP) is 6.16. The summed E-state index contributed by atoms with van der Waals surface area (Å²) in [6, 6.07) is 20.3. The number of nitrogens with zero attached hydrogens (tertiary/aromatic N) is 3. The number of hydrogen-bond donors (Lipinski definition) is 2. The van der Waals surface area contributed by atoms with Crippen LogP contribution in [0.25, 0.3) is 10.2 Å². The number of ether oxygens (including phenoxy) is 1. The minimum atomic E-state index is -0.419. The molecule has 0 saturated carbocycles. The molecule has 0 bridgehead atoms. The highest BCUT2D eigenvalue weighted by Crippen LogP contribution is 2.26. The van der Waals surface area contributed by atoms with E-state index < -0.39 is 5.82 Å². The van der Waals surface area contributed by atoms with Gasteiger partial charge in [0.1, 0.15) is 17.3 Å². The fraction of sp³-hybridized carbons (Fsp3) is 0.143. The predicted molar refractivity (Wildman–Crippen MR) is 143 cm³/mol. The maximum atomic E-state index is 13.6. The van der Waals surface area contributed by atoms with Gasteiger partial charge in [0, 0.05) is 12.7 Å². The smallest absolute Gasteiger partial charge is 0.271 e. The topological polar surface area (TPSA) is 89.0 Å². The summed E-state index contributed by atoms with van der Waals surface area (Å²) in [5.74, 6) is 1.10. The second-order valence-electron chi connectivity index (χ2n) is 8.40. The Morgan fingerprint density at radius 1 is 1.03 bits per heavy atom. The fourth-order valence-electron chi connectivity index (χ4n) is 3.82. The summed E-state index contributed by atoms with van der Waals surface area (Å²) in [5, 5.41) is 7.99. The van der Waals surface area contributed by atoms with E-state index in [1.165, 1.54) is 17.4 Å². The summed E-state index contributed by atoms with van der Waals surface area (Å²) in [5.41, 5.74) is 2.66. The summed E-state index contributed by atoms with van der Waals surface area (Å²) in [4.78, 5) is 26.0.